The smallest absolute Gasteiger partial charge is 0.324 e. The summed E-state index contributed by atoms with van der Waals surface area (Å²) in [6, 6.07) is 10.9. The Morgan fingerprint density at radius 2 is 1.59 bits per heavy atom. The topological polar surface area (TPSA) is 108 Å². The molecule has 0 aliphatic carbocycles. The second-order valence-corrected chi connectivity index (χ2v) is 7.72. The largest absolute Gasteiger partial charge is 0.497 e. The molecule has 0 heterocycles. The molecule has 0 unspecified atom stereocenters. The zero-order valence-electron chi connectivity index (χ0n) is 16.4. The standard InChI is InChI=1S/C20H23NO7S/c1-4-27-17-7-5-15(6-8-17)19(22)13-28-20(23)14(2)21-29(24,25)18-11-9-16(26-3)10-12-18/h5-12,14,21H,4,13H2,1-3H3/t14-/m0/s1. The van der Waals surface area contributed by atoms with Crippen LogP contribution in [-0.4, -0.2) is 46.5 Å². The number of sulfonamides is 1. The minimum absolute atomic E-state index is 0.0246. The number of carbonyl (C=O) groups is 2. The minimum Gasteiger partial charge on any atom is -0.497 e. The molecule has 2 aromatic carbocycles. The van der Waals surface area contributed by atoms with Crippen LogP contribution in [0.5, 0.6) is 11.5 Å². The number of hydrogen-bond donors (Lipinski definition) is 1. The summed E-state index contributed by atoms with van der Waals surface area (Å²) in [6.07, 6.45) is 0. The Labute approximate surface area is 169 Å². The second-order valence-electron chi connectivity index (χ2n) is 6.01. The van der Waals surface area contributed by atoms with Gasteiger partial charge >= 0.3 is 5.97 Å². The Morgan fingerprint density at radius 3 is 2.14 bits per heavy atom. The maximum absolute atomic E-state index is 12.4. The fraction of sp³-hybridized carbons (Fsp3) is 0.300. The van der Waals surface area contributed by atoms with E-state index in [0.29, 0.717) is 23.7 Å². The third-order valence-corrected chi connectivity index (χ3v) is 5.44. The van der Waals surface area contributed by atoms with Crippen molar-refractivity contribution in [2.45, 2.75) is 24.8 Å². The van der Waals surface area contributed by atoms with Gasteiger partial charge in [-0.25, -0.2) is 8.42 Å². The van der Waals surface area contributed by atoms with E-state index in [1.165, 1.54) is 38.3 Å². The van der Waals surface area contributed by atoms with Gasteiger partial charge in [-0.2, -0.15) is 4.72 Å². The lowest BCUT2D eigenvalue weighted by molar-refractivity contribution is -0.144. The number of methoxy groups -OCH3 is 1. The van der Waals surface area contributed by atoms with E-state index >= 15 is 0 Å². The quantitative estimate of drug-likeness (QED) is 0.463. The van der Waals surface area contributed by atoms with Gasteiger partial charge in [-0.05, 0) is 62.4 Å². The number of ketones is 1. The molecule has 8 nitrogen and oxygen atoms in total. The average Bonchev–Trinajstić information content (AvgIpc) is 2.72. The highest BCUT2D eigenvalue weighted by Crippen LogP contribution is 2.16. The maximum atomic E-state index is 12.4. The molecule has 0 amide bonds. The number of hydrogen-bond acceptors (Lipinski definition) is 7. The van der Waals surface area contributed by atoms with Crippen LogP contribution in [0.3, 0.4) is 0 Å². The average molecular weight is 421 g/mol. The fourth-order valence-corrected chi connectivity index (χ4v) is 3.54. The summed E-state index contributed by atoms with van der Waals surface area (Å²) in [7, 11) is -2.47. The SMILES string of the molecule is CCOc1ccc(C(=O)COC(=O)[C@H](C)NS(=O)(=O)c2ccc(OC)cc2)cc1. The molecule has 29 heavy (non-hydrogen) atoms. The van der Waals surface area contributed by atoms with Crippen molar-refractivity contribution < 1.29 is 32.2 Å². The molecule has 9 heteroatoms. The van der Waals surface area contributed by atoms with Gasteiger partial charge in [0.1, 0.15) is 17.5 Å². The van der Waals surface area contributed by atoms with Crippen LogP contribution < -0.4 is 14.2 Å². The van der Waals surface area contributed by atoms with E-state index in [0.717, 1.165) is 0 Å². The number of carbonyl (C=O) groups excluding carboxylic acids is 2. The lowest BCUT2D eigenvalue weighted by Gasteiger charge is -2.14. The van der Waals surface area contributed by atoms with Crippen molar-refractivity contribution in [2.75, 3.05) is 20.3 Å². The molecule has 2 aromatic rings. The molecule has 1 atom stereocenters. The summed E-state index contributed by atoms with van der Waals surface area (Å²) < 4.78 is 42.2. The highest BCUT2D eigenvalue weighted by molar-refractivity contribution is 7.89. The molecule has 0 saturated heterocycles. The minimum atomic E-state index is -3.94. The van der Waals surface area contributed by atoms with Crippen LogP contribution >= 0.6 is 0 Å². The number of benzene rings is 2. The highest BCUT2D eigenvalue weighted by Gasteiger charge is 2.24. The third kappa shape index (κ3) is 6.30. The van der Waals surface area contributed by atoms with Crippen LogP contribution in [-0.2, 0) is 19.6 Å². The van der Waals surface area contributed by atoms with E-state index < -0.39 is 34.4 Å². The Balaban J connectivity index is 1.91. The lowest BCUT2D eigenvalue weighted by Crippen LogP contribution is -2.40. The summed E-state index contributed by atoms with van der Waals surface area (Å²) in [6.45, 7) is 3.20. The number of ether oxygens (including phenoxy) is 3. The molecule has 0 aromatic heterocycles. The molecule has 0 bridgehead atoms. The number of nitrogens with one attached hydrogen (secondary N) is 1. The van der Waals surface area contributed by atoms with Crippen LogP contribution in [0.2, 0.25) is 0 Å². The normalized spacial score (nSPS) is 12.1. The summed E-state index contributed by atoms with van der Waals surface area (Å²) in [5.41, 5.74) is 0.354. The van der Waals surface area contributed by atoms with E-state index in [1.54, 1.807) is 24.3 Å². The van der Waals surface area contributed by atoms with Gasteiger partial charge in [0.15, 0.2) is 12.4 Å². The first-order valence-electron chi connectivity index (χ1n) is 8.86. The fourth-order valence-electron chi connectivity index (χ4n) is 2.35. The Hall–Kier alpha value is -2.91. The second kappa shape index (κ2) is 10.0. The molecule has 0 aliphatic rings. The van der Waals surface area contributed by atoms with Gasteiger partial charge in [0.05, 0.1) is 18.6 Å². The molecule has 0 saturated carbocycles. The summed E-state index contributed by atoms with van der Waals surface area (Å²) in [5, 5.41) is 0. The van der Waals surface area contributed by atoms with Crippen molar-refractivity contribution in [2.24, 2.45) is 0 Å². The first-order chi connectivity index (χ1) is 13.8. The number of Topliss-reactive ketones (excluding diaryl/α,β-unsaturated/α-hetero) is 1. The van der Waals surface area contributed by atoms with Gasteiger partial charge in [0, 0.05) is 5.56 Å². The van der Waals surface area contributed by atoms with E-state index in [-0.39, 0.29) is 4.90 Å². The van der Waals surface area contributed by atoms with Gasteiger partial charge in [-0.15, -0.1) is 0 Å². The Morgan fingerprint density at radius 1 is 1.00 bits per heavy atom. The summed E-state index contributed by atoms with van der Waals surface area (Å²) in [4.78, 5) is 24.2. The molecule has 156 valence electrons. The molecule has 0 aliphatic heterocycles. The summed E-state index contributed by atoms with van der Waals surface area (Å²) in [5.74, 6) is -0.139. The van der Waals surface area contributed by atoms with Crippen LogP contribution in [0, 0.1) is 0 Å². The summed E-state index contributed by atoms with van der Waals surface area (Å²) >= 11 is 0. The Bertz CT molecular complexity index is 938. The van der Waals surface area contributed by atoms with E-state index in [2.05, 4.69) is 4.72 Å². The van der Waals surface area contributed by atoms with Crippen molar-refractivity contribution in [3.8, 4) is 11.5 Å². The van der Waals surface area contributed by atoms with E-state index in [4.69, 9.17) is 14.2 Å². The number of rotatable bonds is 10. The molecule has 0 fully saturated rings. The first-order valence-corrected chi connectivity index (χ1v) is 10.3. The van der Waals surface area contributed by atoms with Gasteiger partial charge in [0.25, 0.3) is 0 Å². The zero-order chi connectivity index (χ0) is 21.4. The third-order valence-electron chi connectivity index (χ3n) is 3.89. The molecular formula is C20H23NO7S. The Kier molecular flexibility index (Phi) is 7.74. The van der Waals surface area contributed by atoms with E-state index in [9.17, 15) is 18.0 Å². The van der Waals surface area contributed by atoms with Crippen LogP contribution in [0.25, 0.3) is 0 Å². The van der Waals surface area contributed by atoms with Crippen LogP contribution in [0.1, 0.15) is 24.2 Å². The van der Waals surface area contributed by atoms with Crippen LogP contribution in [0.4, 0.5) is 0 Å². The van der Waals surface area contributed by atoms with Crippen molar-refractivity contribution in [3.05, 3.63) is 54.1 Å². The molecule has 0 radical (unpaired) electrons. The van der Waals surface area contributed by atoms with Gasteiger partial charge in [-0.3, -0.25) is 9.59 Å². The lowest BCUT2D eigenvalue weighted by atomic mass is 10.1. The maximum Gasteiger partial charge on any atom is 0.324 e. The first kappa shape index (κ1) is 22.4. The highest BCUT2D eigenvalue weighted by atomic mass is 32.2. The number of esters is 1. The van der Waals surface area contributed by atoms with Crippen molar-refractivity contribution in [3.63, 3.8) is 0 Å². The van der Waals surface area contributed by atoms with Crippen LogP contribution in [0.15, 0.2) is 53.4 Å². The van der Waals surface area contributed by atoms with Gasteiger partial charge in [-0.1, -0.05) is 0 Å². The molecule has 2 rings (SSSR count). The molecule has 0 spiro atoms. The predicted octanol–water partition coefficient (Wildman–Crippen LogP) is 2.19. The van der Waals surface area contributed by atoms with Crippen molar-refractivity contribution in [1.82, 2.24) is 4.72 Å². The molecule has 1 N–H and O–H groups in total. The van der Waals surface area contributed by atoms with Crippen molar-refractivity contribution in [1.29, 1.82) is 0 Å². The van der Waals surface area contributed by atoms with Gasteiger partial charge in [0.2, 0.25) is 10.0 Å². The monoisotopic (exact) mass is 421 g/mol. The predicted molar refractivity (Wildman–Crippen MR) is 106 cm³/mol. The van der Waals surface area contributed by atoms with Gasteiger partial charge < -0.3 is 14.2 Å². The zero-order valence-corrected chi connectivity index (χ0v) is 17.2. The van der Waals surface area contributed by atoms with Crippen molar-refractivity contribution >= 4 is 21.8 Å². The molecular weight excluding hydrogens is 398 g/mol. The van der Waals surface area contributed by atoms with E-state index in [1.807, 2.05) is 6.92 Å².